The second-order valence-corrected chi connectivity index (χ2v) is 8.37. The third kappa shape index (κ3) is 8.05. The topological polar surface area (TPSA) is 163 Å². The van der Waals surface area contributed by atoms with Gasteiger partial charge in [0.2, 0.25) is 11.8 Å². The number of hydrogen-bond donors (Lipinski definition) is 3. The molecule has 0 heterocycles. The first-order valence-corrected chi connectivity index (χ1v) is 11.7. The standard InChI is InChI=1S/C27H28N4O7/c1-37-24-13-12-21(31(35)36)15-20(24)16-22(25(28)32)29-26(33)23(14-18-8-4-2-5-9-18)30-27(34)38-17-19-10-6-3-7-11-19/h2-13,15,22-23H,14,16-17H2,1H3,(H2,28,32)(H,29,33)(H,30,34)/t22-,23+/m0/s1. The van der Waals surface area contributed by atoms with Gasteiger partial charge in [-0.2, -0.15) is 0 Å². The van der Waals surface area contributed by atoms with Crippen molar-refractivity contribution in [3.63, 3.8) is 0 Å². The number of alkyl carbamates (subject to hydrolysis) is 1. The van der Waals surface area contributed by atoms with Crippen molar-refractivity contribution < 1.29 is 28.8 Å². The molecule has 0 saturated heterocycles. The Bertz CT molecular complexity index is 1270. The lowest BCUT2D eigenvalue weighted by atomic mass is 10.0. The SMILES string of the molecule is COc1ccc([N+](=O)[O-])cc1C[C@H](NC(=O)[C@@H](Cc1ccccc1)NC(=O)OCc1ccccc1)C(N)=O. The first kappa shape index (κ1) is 27.7. The molecule has 0 spiro atoms. The van der Waals surface area contributed by atoms with E-state index in [1.54, 1.807) is 36.4 Å². The lowest BCUT2D eigenvalue weighted by Crippen LogP contribution is -2.54. The van der Waals surface area contributed by atoms with Gasteiger partial charge in [-0.25, -0.2) is 4.79 Å². The molecular formula is C27H28N4O7. The van der Waals surface area contributed by atoms with E-state index in [2.05, 4.69) is 10.6 Å². The Kier molecular flexibility index (Phi) is 9.75. The number of non-ortho nitro benzene ring substituents is 1. The van der Waals surface area contributed by atoms with Gasteiger partial charge in [0.1, 0.15) is 24.4 Å². The molecule has 0 saturated carbocycles. The number of methoxy groups -OCH3 is 1. The maximum atomic E-state index is 13.3. The van der Waals surface area contributed by atoms with E-state index >= 15 is 0 Å². The van der Waals surface area contributed by atoms with Gasteiger partial charge in [0.15, 0.2) is 0 Å². The summed E-state index contributed by atoms with van der Waals surface area (Å²) in [5, 5.41) is 16.3. The number of nitro groups is 1. The number of nitrogens with one attached hydrogen (secondary N) is 2. The Morgan fingerprint density at radius 3 is 2.11 bits per heavy atom. The summed E-state index contributed by atoms with van der Waals surface area (Å²) in [5.74, 6) is -1.25. The van der Waals surface area contributed by atoms with Crippen LogP contribution in [0.3, 0.4) is 0 Å². The zero-order valence-corrected chi connectivity index (χ0v) is 20.7. The van der Waals surface area contributed by atoms with Gasteiger partial charge in [-0.05, 0) is 17.2 Å². The molecular weight excluding hydrogens is 492 g/mol. The highest BCUT2D eigenvalue weighted by Gasteiger charge is 2.28. The summed E-state index contributed by atoms with van der Waals surface area (Å²) in [5.41, 5.74) is 7.17. The van der Waals surface area contributed by atoms with Gasteiger partial charge >= 0.3 is 6.09 Å². The molecule has 11 nitrogen and oxygen atoms in total. The Labute approximate surface area is 219 Å². The number of hydrogen-bond acceptors (Lipinski definition) is 7. The maximum absolute atomic E-state index is 13.3. The fourth-order valence-electron chi connectivity index (χ4n) is 3.72. The van der Waals surface area contributed by atoms with Crippen LogP contribution < -0.4 is 21.1 Å². The summed E-state index contributed by atoms with van der Waals surface area (Å²) in [6.45, 7) is 0.00282. The van der Waals surface area contributed by atoms with Gasteiger partial charge < -0.3 is 25.8 Å². The molecule has 0 aliphatic heterocycles. The highest BCUT2D eigenvalue weighted by molar-refractivity contribution is 5.91. The smallest absolute Gasteiger partial charge is 0.408 e. The van der Waals surface area contributed by atoms with Crippen LogP contribution in [-0.4, -0.2) is 42.0 Å². The number of nitrogens with two attached hydrogens (primary N) is 1. The summed E-state index contributed by atoms with van der Waals surface area (Å²) in [6, 6.07) is 19.6. The predicted molar refractivity (Wildman–Crippen MR) is 138 cm³/mol. The minimum atomic E-state index is -1.24. The zero-order chi connectivity index (χ0) is 27.5. The Hall–Kier alpha value is -4.93. The molecule has 4 N–H and O–H groups in total. The van der Waals surface area contributed by atoms with Crippen molar-refractivity contribution >= 4 is 23.6 Å². The molecule has 38 heavy (non-hydrogen) atoms. The normalized spacial score (nSPS) is 12.0. The third-order valence-corrected chi connectivity index (χ3v) is 5.66. The van der Waals surface area contributed by atoms with Crippen molar-refractivity contribution in [3.8, 4) is 5.75 Å². The van der Waals surface area contributed by atoms with Gasteiger partial charge in [0, 0.05) is 30.5 Å². The summed E-state index contributed by atoms with van der Waals surface area (Å²) < 4.78 is 10.5. The Morgan fingerprint density at radius 1 is 0.895 bits per heavy atom. The molecule has 3 amide bonds. The average Bonchev–Trinajstić information content (AvgIpc) is 2.92. The van der Waals surface area contributed by atoms with Crippen LogP contribution in [0.2, 0.25) is 0 Å². The van der Waals surface area contributed by atoms with Gasteiger partial charge in [-0.3, -0.25) is 19.7 Å². The maximum Gasteiger partial charge on any atom is 0.408 e. The van der Waals surface area contributed by atoms with Crippen molar-refractivity contribution in [2.24, 2.45) is 5.73 Å². The van der Waals surface area contributed by atoms with Crippen molar-refractivity contribution in [2.75, 3.05) is 7.11 Å². The number of carbonyl (C=O) groups is 3. The number of rotatable bonds is 12. The lowest BCUT2D eigenvalue weighted by Gasteiger charge is -2.22. The average molecular weight is 521 g/mol. The second-order valence-electron chi connectivity index (χ2n) is 8.37. The summed E-state index contributed by atoms with van der Waals surface area (Å²) in [4.78, 5) is 48.7. The van der Waals surface area contributed by atoms with E-state index in [1.807, 2.05) is 24.3 Å². The largest absolute Gasteiger partial charge is 0.496 e. The van der Waals surface area contributed by atoms with Crippen LogP contribution >= 0.6 is 0 Å². The summed E-state index contributed by atoms with van der Waals surface area (Å²) >= 11 is 0. The van der Waals surface area contributed by atoms with Crippen molar-refractivity contribution in [1.82, 2.24) is 10.6 Å². The second kappa shape index (κ2) is 13.4. The number of carbonyl (C=O) groups excluding carboxylic acids is 3. The van der Waals surface area contributed by atoms with Crippen LogP contribution in [0, 0.1) is 10.1 Å². The van der Waals surface area contributed by atoms with E-state index in [1.165, 1.54) is 25.3 Å². The van der Waals surface area contributed by atoms with Gasteiger partial charge in [-0.15, -0.1) is 0 Å². The minimum Gasteiger partial charge on any atom is -0.496 e. The fraction of sp³-hybridized carbons (Fsp3) is 0.222. The molecule has 3 aromatic rings. The van der Waals surface area contributed by atoms with Crippen LogP contribution in [0.4, 0.5) is 10.5 Å². The quantitative estimate of drug-likeness (QED) is 0.244. The van der Waals surface area contributed by atoms with E-state index < -0.39 is 34.9 Å². The summed E-state index contributed by atoms with van der Waals surface area (Å²) in [7, 11) is 1.38. The van der Waals surface area contributed by atoms with Crippen LogP contribution in [0.25, 0.3) is 0 Å². The van der Waals surface area contributed by atoms with Crippen molar-refractivity contribution in [1.29, 1.82) is 0 Å². The third-order valence-electron chi connectivity index (χ3n) is 5.66. The Balaban J connectivity index is 1.76. The molecule has 0 radical (unpaired) electrons. The fourth-order valence-corrected chi connectivity index (χ4v) is 3.72. The molecule has 0 unspecified atom stereocenters. The van der Waals surface area contributed by atoms with E-state index in [0.717, 1.165) is 11.1 Å². The molecule has 0 bridgehead atoms. The first-order valence-electron chi connectivity index (χ1n) is 11.7. The number of benzene rings is 3. The van der Waals surface area contributed by atoms with Gasteiger partial charge in [0.25, 0.3) is 5.69 Å². The van der Waals surface area contributed by atoms with E-state index in [-0.39, 0.29) is 25.1 Å². The van der Waals surface area contributed by atoms with Gasteiger partial charge in [-0.1, -0.05) is 60.7 Å². The van der Waals surface area contributed by atoms with E-state index in [0.29, 0.717) is 11.3 Å². The molecule has 2 atom stereocenters. The number of primary amides is 1. The monoisotopic (exact) mass is 520 g/mol. The number of amides is 3. The van der Waals surface area contributed by atoms with E-state index in [4.69, 9.17) is 15.2 Å². The molecule has 3 rings (SSSR count). The Morgan fingerprint density at radius 2 is 1.53 bits per heavy atom. The lowest BCUT2D eigenvalue weighted by molar-refractivity contribution is -0.384. The van der Waals surface area contributed by atoms with Crippen LogP contribution in [0.5, 0.6) is 5.75 Å². The molecule has 0 aromatic heterocycles. The molecule has 3 aromatic carbocycles. The zero-order valence-electron chi connectivity index (χ0n) is 20.7. The number of ether oxygens (including phenoxy) is 2. The molecule has 0 aliphatic carbocycles. The molecule has 0 aliphatic rings. The van der Waals surface area contributed by atoms with E-state index in [9.17, 15) is 24.5 Å². The van der Waals surface area contributed by atoms with Crippen LogP contribution in [0.1, 0.15) is 16.7 Å². The summed E-state index contributed by atoms with van der Waals surface area (Å²) in [6.07, 6.45) is -0.873. The van der Waals surface area contributed by atoms with Crippen molar-refractivity contribution in [2.45, 2.75) is 31.5 Å². The van der Waals surface area contributed by atoms with Crippen molar-refractivity contribution in [3.05, 3.63) is 106 Å². The van der Waals surface area contributed by atoms with Crippen LogP contribution in [0.15, 0.2) is 78.9 Å². The van der Waals surface area contributed by atoms with Gasteiger partial charge in [0.05, 0.1) is 12.0 Å². The molecule has 0 fully saturated rings. The highest BCUT2D eigenvalue weighted by atomic mass is 16.6. The minimum absolute atomic E-state index is 0.00282. The predicted octanol–water partition coefficient (Wildman–Crippen LogP) is 2.65. The molecule has 11 heteroatoms. The molecule has 198 valence electrons. The first-order chi connectivity index (χ1) is 18.3. The highest BCUT2D eigenvalue weighted by Crippen LogP contribution is 2.25. The number of nitro benzene ring substituents is 1. The number of nitrogens with zero attached hydrogens (tertiary/aromatic N) is 1. The van der Waals surface area contributed by atoms with Crippen LogP contribution in [-0.2, 0) is 33.8 Å².